The van der Waals surface area contributed by atoms with Gasteiger partial charge in [0.15, 0.2) is 0 Å². The molecule has 0 saturated heterocycles. The number of hydrogen-bond donors (Lipinski definition) is 0. The Morgan fingerprint density at radius 3 is 2.55 bits per heavy atom. The van der Waals surface area contributed by atoms with Crippen LogP contribution in [0.4, 0.5) is 0 Å². The zero-order valence-electron chi connectivity index (χ0n) is 18.6. The SMILES string of the molecule is C=C(CC1=CCC=C1C1=Cc2cc(CC)c(CC)cc2C1)C1=CC(C)=CCC1C. The van der Waals surface area contributed by atoms with Crippen LogP contribution in [0.15, 0.2) is 76.5 Å². The first kappa shape index (κ1) is 20.0. The maximum absolute atomic E-state index is 4.49. The van der Waals surface area contributed by atoms with Crippen molar-refractivity contribution in [1.82, 2.24) is 0 Å². The average Bonchev–Trinajstić information content (AvgIpc) is 3.34. The summed E-state index contributed by atoms with van der Waals surface area (Å²) in [4.78, 5) is 0. The van der Waals surface area contributed by atoms with Crippen molar-refractivity contribution in [2.24, 2.45) is 5.92 Å². The van der Waals surface area contributed by atoms with Crippen molar-refractivity contribution < 1.29 is 0 Å². The fourth-order valence-electron chi connectivity index (χ4n) is 5.11. The van der Waals surface area contributed by atoms with Crippen molar-refractivity contribution >= 4 is 6.08 Å². The van der Waals surface area contributed by atoms with Crippen molar-refractivity contribution in [3.63, 3.8) is 0 Å². The van der Waals surface area contributed by atoms with Crippen LogP contribution in [0.3, 0.4) is 0 Å². The molecule has 0 amide bonds. The van der Waals surface area contributed by atoms with Gasteiger partial charge in [0.05, 0.1) is 0 Å². The molecule has 0 aromatic heterocycles. The Morgan fingerprint density at radius 2 is 1.79 bits per heavy atom. The quantitative estimate of drug-likeness (QED) is 0.469. The molecule has 3 aliphatic rings. The van der Waals surface area contributed by atoms with E-state index in [1.807, 2.05) is 0 Å². The smallest absolute Gasteiger partial charge is 0.00136 e. The van der Waals surface area contributed by atoms with Gasteiger partial charge in [0.25, 0.3) is 0 Å². The van der Waals surface area contributed by atoms with Crippen LogP contribution in [0.25, 0.3) is 6.08 Å². The number of hydrogen-bond acceptors (Lipinski definition) is 0. The molecule has 29 heavy (non-hydrogen) atoms. The van der Waals surface area contributed by atoms with E-state index in [4.69, 9.17) is 0 Å². The second-order valence-corrected chi connectivity index (χ2v) is 8.92. The molecule has 4 rings (SSSR count). The maximum Gasteiger partial charge on any atom is -0.00136 e. The van der Waals surface area contributed by atoms with Crippen LogP contribution in [-0.4, -0.2) is 0 Å². The number of allylic oxidation sites excluding steroid dienone is 10. The fraction of sp³-hybridized carbons (Fsp3) is 0.379. The summed E-state index contributed by atoms with van der Waals surface area (Å²) >= 11 is 0. The minimum Gasteiger partial charge on any atom is -0.0952 e. The fourth-order valence-corrected chi connectivity index (χ4v) is 5.11. The predicted molar refractivity (Wildman–Crippen MR) is 127 cm³/mol. The molecule has 0 N–H and O–H groups in total. The third-order valence-corrected chi connectivity index (χ3v) is 6.83. The van der Waals surface area contributed by atoms with Gasteiger partial charge in [-0.05, 0) is 101 Å². The Labute approximate surface area is 177 Å². The lowest BCUT2D eigenvalue weighted by Gasteiger charge is -2.22. The zero-order chi connectivity index (χ0) is 20.5. The van der Waals surface area contributed by atoms with E-state index in [2.05, 4.69) is 76.8 Å². The highest BCUT2D eigenvalue weighted by Crippen LogP contribution is 2.40. The van der Waals surface area contributed by atoms with Crippen LogP contribution in [0, 0.1) is 5.92 Å². The second-order valence-electron chi connectivity index (χ2n) is 8.92. The average molecular weight is 383 g/mol. The molecule has 1 unspecified atom stereocenters. The number of aryl methyl sites for hydroxylation is 2. The lowest BCUT2D eigenvalue weighted by Crippen LogP contribution is -2.06. The summed E-state index contributed by atoms with van der Waals surface area (Å²) in [6.45, 7) is 13.6. The molecule has 0 fully saturated rings. The molecule has 0 bridgehead atoms. The Bertz CT molecular complexity index is 1000. The van der Waals surface area contributed by atoms with E-state index in [9.17, 15) is 0 Å². The lowest BCUT2D eigenvalue weighted by atomic mass is 9.83. The lowest BCUT2D eigenvalue weighted by molar-refractivity contribution is 0.684. The van der Waals surface area contributed by atoms with Gasteiger partial charge in [0, 0.05) is 0 Å². The van der Waals surface area contributed by atoms with Gasteiger partial charge in [-0.3, -0.25) is 0 Å². The van der Waals surface area contributed by atoms with Crippen molar-refractivity contribution in [3.8, 4) is 0 Å². The Balaban J connectivity index is 1.53. The van der Waals surface area contributed by atoms with Gasteiger partial charge in [-0.2, -0.15) is 0 Å². The highest BCUT2D eigenvalue weighted by atomic mass is 14.3. The third kappa shape index (κ3) is 3.90. The number of rotatable bonds is 6. The van der Waals surface area contributed by atoms with Gasteiger partial charge in [0.1, 0.15) is 0 Å². The summed E-state index contributed by atoms with van der Waals surface area (Å²) < 4.78 is 0. The first-order valence-electron chi connectivity index (χ1n) is 11.3. The molecule has 0 nitrogen and oxygen atoms in total. The van der Waals surface area contributed by atoms with E-state index in [0.717, 1.165) is 38.5 Å². The third-order valence-electron chi connectivity index (χ3n) is 6.83. The molecule has 150 valence electrons. The Morgan fingerprint density at radius 1 is 1.03 bits per heavy atom. The molecular weight excluding hydrogens is 348 g/mol. The molecule has 1 aromatic carbocycles. The predicted octanol–water partition coefficient (Wildman–Crippen LogP) is 7.87. The van der Waals surface area contributed by atoms with Crippen LogP contribution in [0.1, 0.15) is 69.2 Å². The molecule has 0 heteroatoms. The van der Waals surface area contributed by atoms with Gasteiger partial charge in [-0.15, -0.1) is 0 Å². The van der Waals surface area contributed by atoms with E-state index in [-0.39, 0.29) is 0 Å². The summed E-state index contributed by atoms with van der Waals surface area (Å²) in [7, 11) is 0. The van der Waals surface area contributed by atoms with E-state index in [0.29, 0.717) is 5.92 Å². The van der Waals surface area contributed by atoms with Gasteiger partial charge in [0.2, 0.25) is 0 Å². The molecule has 0 spiro atoms. The summed E-state index contributed by atoms with van der Waals surface area (Å²) in [5.74, 6) is 0.579. The molecule has 0 aliphatic heterocycles. The van der Waals surface area contributed by atoms with E-state index in [1.165, 1.54) is 55.7 Å². The summed E-state index contributed by atoms with van der Waals surface area (Å²) in [5, 5.41) is 0. The highest BCUT2D eigenvalue weighted by Gasteiger charge is 2.23. The number of fused-ring (bicyclic) bond motifs is 1. The minimum atomic E-state index is 0.579. The standard InChI is InChI=1S/C29H34/c1-6-22-15-25-17-27(18-26(25)16-23(22)7-2)28-10-8-9-24(28)14-21(5)29-13-19(3)11-12-20(29)4/h9-11,13,15-17,20H,5-8,12,14,18H2,1-4H3. The highest BCUT2D eigenvalue weighted by molar-refractivity contribution is 5.73. The summed E-state index contributed by atoms with van der Waals surface area (Å²) in [5.41, 5.74) is 14.5. The zero-order valence-corrected chi connectivity index (χ0v) is 18.6. The van der Waals surface area contributed by atoms with Gasteiger partial charge >= 0.3 is 0 Å². The van der Waals surface area contributed by atoms with Gasteiger partial charge in [-0.1, -0.05) is 75.4 Å². The van der Waals surface area contributed by atoms with E-state index >= 15 is 0 Å². The summed E-state index contributed by atoms with van der Waals surface area (Å²) in [6.07, 6.45) is 18.5. The molecule has 0 radical (unpaired) electrons. The van der Waals surface area contributed by atoms with Crippen molar-refractivity contribution in [1.29, 1.82) is 0 Å². The van der Waals surface area contributed by atoms with E-state index in [1.54, 1.807) is 0 Å². The molecule has 1 aromatic rings. The Kier molecular flexibility index (Phi) is 5.63. The molecule has 3 aliphatic carbocycles. The number of benzene rings is 1. The van der Waals surface area contributed by atoms with Crippen LogP contribution in [0.2, 0.25) is 0 Å². The van der Waals surface area contributed by atoms with Crippen molar-refractivity contribution in [2.75, 3.05) is 0 Å². The van der Waals surface area contributed by atoms with Crippen LogP contribution in [0.5, 0.6) is 0 Å². The van der Waals surface area contributed by atoms with Crippen LogP contribution in [-0.2, 0) is 19.3 Å². The molecule has 1 atom stereocenters. The topological polar surface area (TPSA) is 0 Å². The minimum absolute atomic E-state index is 0.579. The maximum atomic E-state index is 4.49. The van der Waals surface area contributed by atoms with Gasteiger partial charge < -0.3 is 0 Å². The van der Waals surface area contributed by atoms with E-state index < -0.39 is 0 Å². The monoisotopic (exact) mass is 382 g/mol. The Hall–Kier alpha value is -2.34. The van der Waals surface area contributed by atoms with Gasteiger partial charge in [-0.25, -0.2) is 0 Å². The van der Waals surface area contributed by atoms with Crippen LogP contribution < -0.4 is 0 Å². The van der Waals surface area contributed by atoms with Crippen LogP contribution >= 0.6 is 0 Å². The molecule has 0 saturated carbocycles. The first-order valence-corrected chi connectivity index (χ1v) is 11.3. The van der Waals surface area contributed by atoms with Crippen molar-refractivity contribution in [2.45, 2.75) is 66.2 Å². The normalized spacial score (nSPS) is 20.6. The second kappa shape index (κ2) is 8.19. The molecular formula is C29H34. The van der Waals surface area contributed by atoms with Crippen molar-refractivity contribution in [3.05, 3.63) is 98.7 Å². The largest absolute Gasteiger partial charge is 0.0952 e. The molecule has 0 heterocycles. The summed E-state index contributed by atoms with van der Waals surface area (Å²) in [6, 6.07) is 4.89. The first-order chi connectivity index (χ1) is 14.0.